The molecule has 2 saturated heterocycles. The summed E-state index contributed by atoms with van der Waals surface area (Å²) in [6.07, 6.45) is 1.72. The first-order chi connectivity index (χ1) is 14.1. The quantitative estimate of drug-likeness (QED) is 0.513. The van der Waals surface area contributed by atoms with E-state index in [9.17, 15) is 14.4 Å². The summed E-state index contributed by atoms with van der Waals surface area (Å²) < 4.78 is 10.8. The molecule has 8 nitrogen and oxygen atoms in total. The van der Waals surface area contributed by atoms with Gasteiger partial charge in [-0.15, -0.1) is 0 Å². The van der Waals surface area contributed by atoms with Crippen LogP contribution in [0.1, 0.15) is 33.1 Å². The second-order valence-electron chi connectivity index (χ2n) is 7.18. The molecule has 2 aliphatic heterocycles. The minimum absolute atomic E-state index is 0.140. The van der Waals surface area contributed by atoms with Crippen LogP contribution in [0.3, 0.4) is 0 Å². The summed E-state index contributed by atoms with van der Waals surface area (Å²) in [7, 11) is 0. The molecule has 0 aliphatic carbocycles. The molecular weight excluding hydrogens is 374 g/mol. The average molecular weight is 403 g/mol. The van der Waals surface area contributed by atoms with Crippen LogP contribution in [0.15, 0.2) is 24.3 Å². The number of ether oxygens (including phenoxy) is 2. The standard InChI is InChI=1S/C21H29N3O5/c1-3-5-14-29-18-9-7-6-8-16(18)24-19(25)15-17(20(24)26)22-10-12-23(13-11-22)21(27)28-4-2/h6-9,17H,3-5,10-15H2,1-2H3/t17-/m0/s1. The van der Waals surface area contributed by atoms with Crippen LogP contribution in [0.4, 0.5) is 10.5 Å². The molecule has 1 aromatic rings. The molecule has 0 spiro atoms. The lowest BCUT2D eigenvalue weighted by Crippen LogP contribution is -2.54. The lowest BCUT2D eigenvalue weighted by molar-refractivity contribution is -0.123. The molecule has 2 fully saturated rings. The summed E-state index contributed by atoms with van der Waals surface area (Å²) in [6.45, 7) is 6.76. The van der Waals surface area contributed by atoms with Gasteiger partial charge in [-0.25, -0.2) is 9.69 Å². The van der Waals surface area contributed by atoms with Crippen molar-refractivity contribution in [1.29, 1.82) is 0 Å². The van der Waals surface area contributed by atoms with E-state index in [0.29, 0.717) is 50.8 Å². The number of para-hydroxylation sites is 2. The number of carbonyl (C=O) groups excluding carboxylic acids is 3. The topological polar surface area (TPSA) is 79.4 Å². The number of benzene rings is 1. The van der Waals surface area contributed by atoms with E-state index in [-0.39, 0.29) is 24.3 Å². The number of carbonyl (C=O) groups is 3. The van der Waals surface area contributed by atoms with E-state index in [1.165, 1.54) is 4.90 Å². The Morgan fingerprint density at radius 2 is 1.83 bits per heavy atom. The summed E-state index contributed by atoms with van der Waals surface area (Å²) in [6, 6.07) is 6.67. The Labute approximate surface area is 171 Å². The van der Waals surface area contributed by atoms with Crippen LogP contribution in [-0.2, 0) is 14.3 Å². The molecule has 0 radical (unpaired) electrons. The second kappa shape index (κ2) is 9.73. The lowest BCUT2D eigenvalue weighted by atomic mass is 10.2. The molecule has 1 aromatic carbocycles. The molecule has 0 saturated carbocycles. The first kappa shape index (κ1) is 21.1. The van der Waals surface area contributed by atoms with Gasteiger partial charge in [0, 0.05) is 26.2 Å². The van der Waals surface area contributed by atoms with Gasteiger partial charge in [0.2, 0.25) is 5.91 Å². The smallest absolute Gasteiger partial charge is 0.409 e. The van der Waals surface area contributed by atoms with Gasteiger partial charge >= 0.3 is 6.09 Å². The third-order valence-electron chi connectivity index (χ3n) is 5.27. The van der Waals surface area contributed by atoms with Crippen molar-refractivity contribution < 1.29 is 23.9 Å². The minimum atomic E-state index is -0.504. The van der Waals surface area contributed by atoms with Crippen molar-refractivity contribution in [2.24, 2.45) is 0 Å². The van der Waals surface area contributed by atoms with Gasteiger partial charge in [-0.05, 0) is 25.5 Å². The van der Waals surface area contributed by atoms with Crippen LogP contribution in [-0.4, -0.2) is 73.1 Å². The third-order valence-corrected chi connectivity index (χ3v) is 5.27. The Hall–Kier alpha value is -2.61. The number of hydrogen-bond donors (Lipinski definition) is 0. The van der Waals surface area contributed by atoms with Crippen LogP contribution in [0.25, 0.3) is 0 Å². The number of piperazine rings is 1. The minimum Gasteiger partial charge on any atom is -0.491 e. The van der Waals surface area contributed by atoms with Gasteiger partial charge in [0.15, 0.2) is 0 Å². The molecule has 0 unspecified atom stereocenters. The molecule has 0 N–H and O–H groups in total. The van der Waals surface area contributed by atoms with E-state index in [2.05, 4.69) is 6.92 Å². The first-order valence-corrected chi connectivity index (χ1v) is 10.3. The fourth-order valence-corrected chi connectivity index (χ4v) is 3.68. The molecule has 8 heteroatoms. The highest BCUT2D eigenvalue weighted by Crippen LogP contribution is 2.33. The third kappa shape index (κ3) is 4.70. The number of rotatable bonds is 7. The second-order valence-corrected chi connectivity index (χ2v) is 7.18. The number of nitrogens with zero attached hydrogens (tertiary/aromatic N) is 3. The summed E-state index contributed by atoms with van der Waals surface area (Å²) >= 11 is 0. The Kier molecular flexibility index (Phi) is 7.09. The maximum Gasteiger partial charge on any atom is 0.409 e. The van der Waals surface area contributed by atoms with Crippen LogP contribution in [0, 0.1) is 0 Å². The number of anilines is 1. The van der Waals surface area contributed by atoms with Gasteiger partial charge in [0.05, 0.1) is 31.4 Å². The monoisotopic (exact) mass is 403 g/mol. The highest BCUT2D eigenvalue weighted by atomic mass is 16.6. The van der Waals surface area contributed by atoms with Gasteiger partial charge in [-0.1, -0.05) is 25.5 Å². The molecule has 0 bridgehead atoms. The Morgan fingerprint density at radius 3 is 2.52 bits per heavy atom. The molecule has 2 aliphatic rings. The lowest BCUT2D eigenvalue weighted by Gasteiger charge is -2.36. The fraction of sp³-hybridized carbons (Fsp3) is 0.571. The molecule has 158 valence electrons. The predicted octanol–water partition coefficient (Wildman–Crippen LogP) is 2.27. The maximum atomic E-state index is 13.1. The first-order valence-electron chi connectivity index (χ1n) is 10.3. The number of unbranched alkanes of at least 4 members (excludes halogenated alkanes) is 1. The Bertz CT molecular complexity index is 746. The van der Waals surface area contributed by atoms with Crippen LogP contribution >= 0.6 is 0 Å². The van der Waals surface area contributed by atoms with Gasteiger partial charge in [-0.3, -0.25) is 14.5 Å². The average Bonchev–Trinajstić information content (AvgIpc) is 3.03. The van der Waals surface area contributed by atoms with Crippen molar-refractivity contribution in [2.45, 2.75) is 39.2 Å². The highest BCUT2D eigenvalue weighted by Gasteiger charge is 2.44. The summed E-state index contributed by atoms with van der Waals surface area (Å²) in [5.74, 6) is 0.0981. The van der Waals surface area contributed by atoms with E-state index in [1.54, 1.807) is 30.0 Å². The van der Waals surface area contributed by atoms with Crippen molar-refractivity contribution in [3.63, 3.8) is 0 Å². The van der Waals surface area contributed by atoms with Crippen LogP contribution in [0.5, 0.6) is 5.75 Å². The Balaban J connectivity index is 1.67. The summed E-state index contributed by atoms with van der Waals surface area (Å²) in [5.41, 5.74) is 0.506. The molecule has 0 aromatic heterocycles. The largest absolute Gasteiger partial charge is 0.491 e. The zero-order valence-electron chi connectivity index (χ0n) is 17.1. The normalized spacial score (nSPS) is 20.3. The summed E-state index contributed by atoms with van der Waals surface area (Å²) in [4.78, 5) is 42.6. The predicted molar refractivity (Wildman–Crippen MR) is 108 cm³/mol. The van der Waals surface area contributed by atoms with Crippen molar-refractivity contribution in [1.82, 2.24) is 9.80 Å². The number of amides is 3. The van der Waals surface area contributed by atoms with Gasteiger partial charge in [0.25, 0.3) is 5.91 Å². The molecule has 2 heterocycles. The SMILES string of the molecule is CCCCOc1ccccc1N1C(=O)C[C@H](N2CCN(C(=O)OCC)CC2)C1=O. The molecule has 29 heavy (non-hydrogen) atoms. The van der Waals surface area contributed by atoms with Gasteiger partial charge < -0.3 is 14.4 Å². The van der Waals surface area contributed by atoms with Crippen LogP contribution in [0.2, 0.25) is 0 Å². The highest BCUT2D eigenvalue weighted by molar-refractivity contribution is 6.23. The summed E-state index contributed by atoms with van der Waals surface area (Å²) in [5, 5.41) is 0. The molecule has 1 atom stereocenters. The zero-order chi connectivity index (χ0) is 20.8. The number of hydrogen-bond acceptors (Lipinski definition) is 6. The van der Waals surface area contributed by atoms with E-state index >= 15 is 0 Å². The Morgan fingerprint density at radius 1 is 1.10 bits per heavy atom. The van der Waals surface area contributed by atoms with Gasteiger partial charge in [-0.2, -0.15) is 0 Å². The van der Waals surface area contributed by atoms with Crippen molar-refractivity contribution in [2.75, 3.05) is 44.3 Å². The van der Waals surface area contributed by atoms with Crippen molar-refractivity contribution >= 4 is 23.6 Å². The van der Waals surface area contributed by atoms with E-state index in [1.807, 2.05) is 11.0 Å². The number of imide groups is 1. The molecule has 3 amide bonds. The van der Waals surface area contributed by atoms with Crippen molar-refractivity contribution in [3.8, 4) is 5.75 Å². The van der Waals surface area contributed by atoms with E-state index < -0.39 is 6.04 Å². The van der Waals surface area contributed by atoms with E-state index in [0.717, 1.165) is 12.8 Å². The van der Waals surface area contributed by atoms with E-state index in [4.69, 9.17) is 9.47 Å². The molecule has 3 rings (SSSR count). The molecular formula is C21H29N3O5. The zero-order valence-corrected chi connectivity index (χ0v) is 17.1. The van der Waals surface area contributed by atoms with Crippen LogP contribution < -0.4 is 9.64 Å². The van der Waals surface area contributed by atoms with Crippen molar-refractivity contribution in [3.05, 3.63) is 24.3 Å². The fourth-order valence-electron chi connectivity index (χ4n) is 3.68. The van der Waals surface area contributed by atoms with Gasteiger partial charge in [0.1, 0.15) is 5.75 Å². The maximum absolute atomic E-state index is 13.1.